The fraction of sp³-hybridized carbons (Fsp3) is 0.200. The molecule has 0 aliphatic rings. The van der Waals surface area contributed by atoms with Crippen LogP contribution in [0, 0.1) is 3.57 Å². The van der Waals surface area contributed by atoms with Crippen LogP contribution in [0.3, 0.4) is 0 Å². The van der Waals surface area contributed by atoms with Gasteiger partial charge in [-0.1, -0.05) is 12.1 Å². The average molecular weight is 354 g/mol. The van der Waals surface area contributed by atoms with Gasteiger partial charge in [-0.3, -0.25) is 0 Å². The van der Waals surface area contributed by atoms with Gasteiger partial charge in [0.15, 0.2) is 0 Å². The lowest BCUT2D eigenvalue weighted by Gasteiger charge is -2.08. The largest absolute Gasteiger partial charge is 0.494 e. The lowest BCUT2D eigenvalue weighted by atomic mass is 10.2. The van der Waals surface area contributed by atoms with Gasteiger partial charge in [0, 0.05) is 3.57 Å². The Morgan fingerprint density at radius 1 is 0.833 bits per heavy atom. The maximum Gasteiger partial charge on any atom is 0.120 e. The summed E-state index contributed by atoms with van der Waals surface area (Å²) in [5.74, 6) is 1.73. The van der Waals surface area contributed by atoms with Crippen LogP contribution in [0.2, 0.25) is 0 Å². The van der Waals surface area contributed by atoms with Gasteiger partial charge in [0.25, 0.3) is 0 Å². The van der Waals surface area contributed by atoms with E-state index in [0.29, 0.717) is 13.2 Å². The van der Waals surface area contributed by atoms with Crippen molar-refractivity contribution < 1.29 is 9.47 Å². The van der Waals surface area contributed by atoms with Gasteiger partial charge in [0.1, 0.15) is 18.1 Å². The van der Waals surface area contributed by atoms with Gasteiger partial charge >= 0.3 is 0 Å². The van der Waals surface area contributed by atoms with Gasteiger partial charge in [0.2, 0.25) is 0 Å². The van der Waals surface area contributed by atoms with Crippen molar-refractivity contribution in [2.75, 3.05) is 6.61 Å². The zero-order valence-electron chi connectivity index (χ0n) is 10.2. The molecule has 0 aliphatic carbocycles. The molecule has 0 aromatic heterocycles. The lowest BCUT2D eigenvalue weighted by Crippen LogP contribution is -1.96. The molecule has 0 unspecified atom stereocenters. The van der Waals surface area contributed by atoms with E-state index in [9.17, 15) is 0 Å². The molecule has 0 atom stereocenters. The monoisotopic (exact) mass is 354 g/mol. The molecule has 0 amide bonds. The molecule has 2 aromatic rings. The average Bonchev–Trinajstić information content (AvgIpc) is 2.40. The van der Waals surface area contributed by atoms with Crippen LogP contribution in [0.4, 0.5) is 0 Å². The molecule has 0 N–H and O–H groups in total. The predicted molar refractivity (Wildman–Crippen MR) is 81.1 cm³/mol. The van der Waals surface area contributed by atoms with Crippen molar-refractivity contribution in [2.45, 2.75) is 13.5 Å². The van der Waals surface area contributed by atoms with Crippen LogP contribution in [-0.4, -0.2) is 6.61 Å². The third-order valence-corrected chi connectivity index (χ3v) is 3.17. The van der Waals surface area contributed by atoms with Crippen LogP contribution in [0.1, 0.15) is 12.5 Å². The number of hydrogen-bond acceptors (Lipinski definition) is 2. The van der Waals surface area contributed by atoms with Gasteiger partial charge in [0.05, 0.1) is 6.61 Å². The topological polar surface area (TPSA) is 18.5 Å². The summed E-state index contributed by atoms with van der Waals surface area (Å²) in [6, 6.07) is 16.0. The van der Waals surface area contributed by atoms with E-state index >= 15 is 0 Å². The van der Waals surface area contributed by atoms with Crippen molar-refractivity contribution >= 4 is 22.6 Å². The molecule has 0 radical (unpaired) electrons. The smallest absolute Gasteiger partial charge is 0.120 e. The molecule has 0 heterocycles. The summed E-state index contributed by atoms with van der Waals surface area (Å²) in [5.41, 5.74) is 1.17. The number of rotatable bonds is 5. The Kier molecular flexibility index (Phi) is 4.87. The molecule has 94 valence electrons. The van der Waals surface area contributed by atoms with Crippen molar-refractivity contribution in [1.29, 1.82) is 0 Å². The van der Waals surface area contributed by atoms with E-state index in [2.05, 4.69) is 46.9 Å². The summed E-state index contributed by atoms with van der Waals surface area (Å²) in [5, 5.41) is 0. The first-order valence-corrected chi connectivity index (χ1v) is 6.96. The Labute approximate surface area is 121 Å². The summed E-state index contributed by atoms with van der Waals surface area (Å²) in [6.45, 7) is 3.24. The van der Waals surface area contributed by atoms with Gasteiger partial charge in [-0.05, 0) is 71.5 Å². The van der Waals surface area contributed by atoms with Gasteiger partial charge in [-0.25, -0.2) is 0 Å². The van der Waals surface area contributed by atoms with Crippen LogP contribution in [0.25, 0.3) is 0 Å². The van der Waals surface area contributed by atoms with E-state index in [0.717, 1.165) is 11.5 Å². The Hall–Kier alpha value is -1.23. The maximum atomic E-state index is 5.71. The molecule has 0 bridgehead atoms. The summed E-state index contributed by atoms with van der Waals surface area (Å²) in [4.78, 5) is 0. The van der Waals surface area contributed by atoms with Crippen LogP contribution >= 0.6 is 22.6 Å². The third kappa shape index (κ3) is 3.91. The van der Waals surface area contributed by atoms with Crippen molar-refractivity contribution in [3.8, 4) is 11.5 Å². The van der Waals surface area contributed by atoms with E-state index in [4.69, 9.17) is 9.47 Å². The molecule has 3 heteroatoms. The van der Waals surface area contributed by atoms with Crippen molar-refractivity contribution in [3.63, 3.8) is 0 Å². The highest BCUT2D eigenvalue weighted by Gasteiger charge is 1.97. The van der Waals surface area contributed by atoms with E-state index in [1.807, 2.05) is 31.2 Å². The fourth-order valence-electron chi connectivity index (χ4n) is 1.55. The number of ether oxygens (including phenoxy) is 2. The SMILES string of the molecule is CCOc1ccc(OCc2ccc(I)cc2)cc1. The van der Waals surface area contributed by atoms with Crippen molar-refractivity contribution in [3.05, 3.63) is 57.7 Å². The molecule has 0 spiro atoms. The third-order valence-electron chi connectivity index (χ3n) is 2.45. The molecule has 18 heavy (non-hydrogen) atoms. The van der Waals surface area contributed by atoms with Crippen LogP contribution < -0.4 is 9.47 Å². The summed E-state index contributed by atoms with van der Waals surface area (Å²) in [6.07, 6.45) is 0. The quantitative estimate of drug-likeness (QED) is 0.747. The number of halogens is 1. The highest BCUT2D eigenvalue weighted by atomic mass is 127. The number of benzene rings is 2. The summed E-state index contributed by atoms with van der Waals surface area (Å²) >= 11 is 2.29. The first-order valence-electron chi connectivity index (χ1n) is 5.88. The van der Waals surface area contributed by atoms with E-state index < -0.39 is 0 Å². The minimum Gasteiger partial charge on any atom is -0.494 e. The molecular weight excluding hydrogens is 339 g/mol. The summed E-state index contributed by atoms with van der Waals surface area (Å²) in [7, 11) is 0. The fourth-order valence-corrected chi connectivity index (χ4v) is 1.91. The van der Waals surface area contributed by atoms with Crippen molar-refractivity contribution in [2.24, 2.45) is 0 Å². The van der Waals surface area contributed by atoms with Crippen molar-refractivity contribution in [1.82, 2.24) is 0 Å². The second-order valence-electron chi connectivity index (χ2n) is 3.82. The van der Waals surface area contributed by atoms with Gasteiger partial charge < -0.3 is 9.47 Å². The molecule has 0 fully saturated rings. The molecular formula is C15H15IO2. The van der Waals surface area contributed by atoms with E-state index in [1.165, 1.54) is 9.13 Å². The number of hydrogen-bond donors (Lipinski definition) is 0. The standard InChI is InChI=1S/C15H15IO2/c1-2-17-14-7-9-15(10-8-14)18-11-12-3-5-13(16)6-4-12/h3-10H,2,11H2,1H3. The minimum absolute atomic E-state index is 0.588. The molecule has 2 rings (SSSR count). The highest BCUT2D eigenvalue weighted by Crippen LogP contribution is 2.18. The Morgan fingerprint density at radius 2 is 1.39 bits per heavy atom. The molecule has 0 saturated heterocycles. The molecule has 0 saturated carbocycles. The Balaban J connectivity index is 1.91. The minimum atomic E-state index is 0.588. The zero-order valence-corrected chi connectivity index (χ0v) is 12.4. The second kappa shape index (κ2) is 6.64. The van der Waals surface area contributed by atoms with E-state index in [1.54, 1.807) is 0 Å². The van der Waals surface area contributed by atoms with Crippen LogP contribution in [0.15, 0.2) is 48.5 Å². The lowest BCUT2D eigenvalue weighted by molar-refractivity contribution is 0.304. The maximum absolute atomic E-state index is 5.71. The molecule has 0 aliphatic heterocycles. The van der Waals surface area contributed by atoms with Gasteiger partial charge in [-0.2, -0.15) is 0 Å². The first-order chi connectivity index (χ1) is 8.78. The molecule has 2 nitrogen and oxygen atoms in total. The Morgan fingerprint density at radius 3 is 1.94 bits per heavy atom. The normalized spacial score (nSPS) is 10.1. The molecule has 2 aromatic carbocycles. The first kappa shape index (κ1) is 13.2. The zero-order chi connectivity index (χ0) is 12.8. The second-order valence-corrected chi connectivity index (χ2v) is 5.07. The Bertz CT molecular complexity index is 477. The highest BCUT2D eigenvalue weighted by molar-refractivity contribution is 14.1. The van der Waals surface area contributed by atoms with Crippen LogP contribution in [-0.2, 0) is 6.61 Å². The van der Waals surface area contributed by atoms with E-state index in [-0.39, 0.29) is 0 Å². The van der Waals surface area contributed by atoms with Crippen LogP contribution in [0.5, 0.6) is 11.5 Å². The predicted octanol–water partition coefficient (Wildman–Crippen LogP) is 4.27. The van der Waals surface area contributed by atoms with Gasteiger partial charge in [-0.15, -0.1) is 0 Å². The summed E-state index contributed by atoms with van der Waals surface area (Å²) < 4.78 is 12.3.